The summed E-state index contributed by atoms with van der Waals surface area (Å²) in [5, 5.41) is 15.5. The summed E-state index contributed by atoms with van der Waals surface area (Å²) in [7, 11) is 1.51. The number of benzene rings is 3. The maximum absolute atomic E-state index is 12.7. The van der Waals surface area contributed by atoms with Crippen LogP contribution in [0, 0.1) is 6.92 Å². The van der Waals surface area contributed by atoms with Crippen molar-refractivity contribution in [3.05, 3.63) is 89.1 Å². The lowest BCUT2D eigenvalue weighted by Crippen LogP contribution is -2.33. The van der Waals surface area contributed by atoms with Crippen molar-refractivity contribution < 1.29 is 29.0 Å². The van der Waals surface area contributed by atoms with Crippen LogP contribution in [-0.2, 0) is 11.4 Å². The topological polar surface area (TPSA) is 127 Å². The predicted octanol–water partition coefficient (Wildman–Crippen LogP) is 4.92. The van der Waals surface area contributed by atoms with Crippen LogP contribution in [0.5, 0.6) is 11.5 Å². The van der Waals surface area contributed by atoms with E-state index in [0.29, 0.717) is 17.2 Å². The van der Waals surface area contributed by atoms with Gasteiger partial charge >= 0.3 is 5.97 Å². The molecule has 1 heterocycles. The maximum atomic E-state index is 12.7. The Morgan fingerprint density at radius 1 is 0.974 bits per heavy atom. The van der Waals surface area contributed by atoms with Crippen LogP contribution < -0.4 is 20.1 Å². The van der Waals surface area contributed by atoms with Gasteiger partial charge in [-0.15, -0.1) is 11.8 Å². The average Bonchev–Trinajstić information content (AvgIpc) is 2.94. The molecule has 0 fully saturated rings. The van der Waals surface area contributed by atoms with Gasteiger partial charge in [-0.05, 0) is 49.6 Å². The second-order valence-electron chi connectivity index (χ2n) is 8.48. The number of aromatic nitrogens is 1. The first kappa shape index (κ1) is 27.5. The Labute approximate surface area is 229 Å². The highest BCUT2D eigenvalue weighted by atomic mass is 32.2. The molecule has 0 aliphatic rings. The van der Waals surface area contributed by atoms with Gasteiger partial charge in [-0.3, -0.25) is 9.59 Å². The van der Waals surface area contributed by atoms with E-state index >= 15 is 0 Å². The van der Waals surface area contributed by atoms with E-state index in [0.717, 1.165) is 27.1 Å². The number of amides is 2. The highest BCUT2D eigenvalue weighted by Gasteiger charge is 2.19. The van der Waals surface area contributed by atoms with E-state index in [-0.39, 0.29) is 24.3 Å². The van der Waals surface area contributed by atoms with Crippen molar-refractivity contribution in [2.24, 2.45) is 0 Å². The second-order valence-corrected chi connectivity index (χ2v) is 9.33. The minimum atomic E-state index is -1.23. The van der Waals surface area contributed by atoms with E-state index in [1.165, 1.54) is 37.1 Å². The number of carbonyl (C=O) groups is 3. The summed E-state index contributed by atoms with van der Waals surface area (Å²) in [6, 6.07) is 19.0. The number of hydrogen-bond acceptors (Lipinski definition) is 7. The molecule has 0 spiro atoms. The third-order valence-corrected chi connectivity index (χ3v) is 6.74. The van der Waals surface area contributed by atoms with Crippen LogP contribution in [0.25, 0.3) is 10.9 Å². The Morgan fingerprint density at radius 2 is 1.74 bits per heavy atom. The van der Waals surface area contributed by atoms with Gasteiger partial charge in [0, 0.05) is 21.5 Å². The number of methoxy groups -OCH3 is 1. The van der Waals surface area contributed by atoms with Gasteiger partial charge in [-0.1, -0.05) is 30.3 Å². The molecule has 0 saturated carbocycles. The standard InChI is InChI=1S/C29H27N3O6S/c1-17-11-12-18-7-6-10-23(26(18)31-17)38-16-21-24(39-3)14-13-22(27(21)37-2)32-25(33)15-30-28(34)19-8-4-5-9-20(19)29(35)36/h4-14H,15-16H2,1-3H3,(H,30,34)(H,32,33)(H,35,36). The quantitative estimate of drug-likeness (QED) is 0.240. The first-order chi connectivity index (χ1) is 18.8. The van der Waals surface area contributed by atoms with Gasteiger partial charge in [0.1, 0.15) is 23.6 Å². The number of nitrogens with one attached hydrogen (secondary N) is 2. The number of pyridine rings is 1. The van der Waals surface area contributed by atoms with Gasteiger partial charge in [0.15, 0.2) is 0 Å². The van der Waals surface area contributed by atoms with Crippen molar-refractivity contribution in [2.75, 3.05) is 25.2 Å². The number of para-hydroxylation sites is 1. The molecule has 0 aliphatic heterocycles. The molecular weight excluding hydrogens is 518 g/mol. The van der Waals surface area contributed by atoms with E-state index in [1.54, 1.807) is 12.1 Å². The number of carbonyl (C=O) groups excluding carboxylic acids is 2. The zero-order valence-electron chi connectivity index (χ0n) is 21.6. The normalized spacial score (nSPS) is 10.6. The SMILES string of the molecule is COc1c(NC(=O)CNC(=O)c2ccccc2C(=O)O)ccc(SC)c1COc1cccc2ccc(C)nc12. The predicted molar refractivity (Wildman–Crippen MR) is 150 cm³/mol. The van der Waals surface area contributed by atoms with Gasteiger partial charge in [-0.25, -0.2) is 9.78 Å². The molecule has 200 valence electrons. The fourth-order valence-electron chi connectivity index (χ4n) is 4.07. The summed E-state index contributed by atoms with van der Waals surface area (Å²) in [6.45, 7) is 1.72. The average molecular weight is 546 g/mol. The number of anilines is 1. The van der Waals surface area contributed by atoms with Crippen LogP contribution >= 0.6 is 11.8 Å². The summed E-state index contributed by atoms with van der Waals surface area (Å²) in [6.07, 6.45) is 1.93. The van der Waals surface area contributed by atoms with Crippen LogP contribution in [0.4, 0.5) is 5.69 Å². The number of nitrogens with zero attached hydrogens (tertiary/aromatic N) is 1. The molecule has 4 aromatic rings. The molecule has 0 bridgehead atoms. The van der Waals surface area contributed by atoms with Crippen LogP contribution in [-0.4, -0.2) is 47.8 Å². The summed E-state index contributed by atoms with van der Waals surface area (Å²) in [4.78, 5) is 42.2. The van der Waals surface area contributed by atoms with Crippen molar-refractivity contribution in [2.45, 2.75) is 18.4 Å². The molecule has 2 amide bonds. The number of carboxylic acids is 1. The number of aromatic carboxylic acids is 1. The molecule has 0 unspecified atom stereocenters. The van der Waals surface area contributed by atoms with Crippen molar-refractivity contribution in [1.82, 2.24) is 10.3 Å². The Morgan fingerprint density at radius 3 is 2.46 bits per heavy atom. The number of thioether (sulfide) groups is 1. The first-order valence-corrected chi connectivity index (χ1v) is 13.2. The number of fused-ring (bicyclic) bond motifs is 1. The molecule has 4 rings (SSSR count). The molecule has 0 saturated heterocycles. The molecule has 1 aromatic heterocycles. The molecule has 3 aromatic carbocycles. The van der Waals surface area contributed by atoms with Crippen molar-refractivity contribution >= 4 is 46.1 Å². The van der Waals surface area contributed by atoms with Crippen LogP contribution in [0.1, 0.15) is 32.0 Å². The molecule has 39 heavy (non-hydrogen) atoms. The van der Waals surface area contributed by atoms with E-state index in [2.05, 4.69) is 15.6 Å². The minimum Gasteiger partial charge on any atom is -0.494 e. The van der Waals surface area contributed by atoms with Crippen LogP contribution in [0.3, 0.4) is 0 Å². The van der Waals surface area contributed by atoms with Gasteiger partial charge in [0.05, 0.1) is 30.5 Å². The third-order valence-electron chi connectivity index (χ3n) is 5.92. The lowest BCUT2D eigenvalue weighted by molar-refractivity contribution is -0.115. The summed E-state index contributed by atoms with van der Waals surface area (Å²) in [5.74, 6) is -1.34. The molecule has 10 heteroatoms. The highest BCUT2D eigenvalue weighted by Crippen LogP contribution is 2.37. The van der Waals surface area contributed by atoms with Gasteiger partial charge in [0.2, 0.25) is 5.91 Å². The molecule has 3 N–H and O–H groups in total. The van der Waals surface area contributed by atoms with Gasteiger partial charge in [0.25, 0.3) is 5.91 Å². The summed E-state index contributed by atoms with van der Waals surface area (Å²) in [5.41, 5.74) is 2.61. The van der Waals surface area contributed by atoms with Crippen molar-refractivity contribution in [3.63, 3.8) is 0 Å². The highest BCUT2D eigenvalue weighted by molar-refractivity contribution is 7.98. The monoisotopic (exact) mass is 545 g/mol. The fraction of sp³-hybridized carbons (Fsp3) is 0.172. The Hall–Kier alpha value is -4.57. The third kappa shape index (κ3) is 6.29. The van der Waals surface area contributed by atoms with E-state index in [1.807, 2.05) is 49.6 Å². The van der Waals surface area contributed by atoms with E-state index < -0.39 is 17.8 Å². The van der Waals surface area contributed by atoms with E-state index in [9.17, 15) is 19.5 Å². The maximum Gasteiger partial charge on any atom is 0.336 e. The van der Waals surface area contributed by atoms with E-state index in [4.69, 9.17) is 9.47 Å². The molecule has 0 atom stereocenters. The largest absolute Gasteiger partial charge is 0.494 e. The molecule has 0 aliphatic carbocycles. The smallest absolute Gasteiger partial charge is 0.336 e. The number of aryl methyl sites for hydroxylation is 1. The fourth-order valence-corrected chi connectivity index (χ4v) is 4.67. The molecule has 0 radical (unpaired) electrons. The number of carboxylic acid groups (broad SMARTS) is 1. The lowest BCUT2D eigenvalue weighted by Gasteiger charge is -2.18. The molecular formula is C29H27N3O6S. The van der Waals surface area contributed by atoms with Crippen molar-refractivity contribution in [3.8, 4) is 11.5 Å². The van der Waals surface area contributed by atoms with Gasteiger partial charge in [-0.2, -0.15) is 0 Å². The number of ether oxygens (including phenoxy) is 2. The zero-order chi connectivity index (χ0) is 27.9. The number of rotatable bonds is 10. The summed E-state index contributed by atoms with van der Waals surface area (Å²) < 4.78 is 11.9. The summed E-state index contributed by atoms with van der Waals surface area (Å²) >= 11 is 1.52. The lowest BCUT2D eigenvalue weighted by atomic mass is 10.1. The Bertz CT molecular complexity index is 1560. The molecule has 9 nitrogen and oxygen atoms in total. The Balaban J connectivity index is 1.51. The first-order valence-electron chi connectivity index (χ1n) is 12.0. The number of hydrogen-bond donors (Lipinski definition) is 3. The van der Waals surface area contributed by atoms with Crippen LogP contribution in [0.15, 0.2) is 71.6 Å². The van der Waals surface area contributed by atoms with Crippen LogP contribution in [0.2, 0.25) is 0 Å². The Kier molecular flexibility index (Phi) is 8.67. The zero-order valence-corrected chi connectivity index (χ0v) is 22.4. The van der Waals surface area contributed by atoms with Gasteiger partial charge < -0.3 is 25.2 Å². The second kappa shape index (κ2) is 12.3. The minimum absolute atomic E-state index is 0.0303. The van der Waals surface area contributed by atoms with Crippen molar-refractivity contribution in [1.29, 1.82) is 0 Å².